The van der Waals surface area contributed by atoms with Crippen LogP contribution in [0, 0.1) is 0 Å². The smallest absolute Gasteiger partial charge is 0.178 e. The number of aliphatic hydroxyl groups is 1. The number of benzene rings is 2. The molecule has 0 bridgehead atoms. The van der Waals surface area contributed by atoms with E-state index in [4.69, 9.17) is 23.7 Å². The Hall–Kier alpha value is -2.45. The number of alkyl halides is 1. The van der Waals surface area contributed by atoms with Crippen LogP contribution >= 0.6 is 15.9 Å². The normalized spacial score (nSPS) is 24.9. The van der Waals surface area contributed by atoms with E-state index in [9.17, 15) is 9.90 Å². The van der Waals surface area contributed by atoms with Gasteiger partial charge in [0.2, 0.25) is 0 Å². The van der Waals surface area contributed by atoms with Crippen LogP contribution in [0.5, 0.6) is 28.7 Å². The number of rotatable bonds is 4. The second-order valence-corrected chi connectivity index (χ2v) is 8.84. The Morgan fingerprint density at radius 2 is 1.90 bits per heavy atom. The second kappa shape index (κ2) is 7.31. The molecule has 0 fully saturated rings. The van der Waals surface area contributed by atoms with Crippen molar-refractivity contribution in [2.24, 2.45) is 0 Å². The number of carbonyl (C=O) groups is 1. The Kier molecular flexibility index (Phi) is 4.82. The molecule has 0 aliphatic carbocycles. The number of carbonyl (C=O) groups excluding carboxylic acids is 1. The van der Waals surface area contributed by atoms with E-state index in [-0.39, 0.29) is 12.4 Å². The lowest BCUT2D eigenvalue weighted by molar-refractivity contribution is -0.0181. The van der Waals surface area contributed by atoms with Crippen LogP contribution in [0.15, 0.2) is 24.3 Å². The predicted molar refractivity (Wildman–Crippen MR) is 116 cm³/mol. The van der Waals surface area contributed by atoms with Crippen LogP contribution in [-0.2, 0) is 6.42 Å². The fourth-order valence-corrected chi connectivity index (χ4v) is 4.86. The van der Waals surface area contributed by atoms with E-state index in [0.29, 0.717) is 46.1 Å². The SMILES string of the molecule is COc1cc2c(cc1OC)[C@@H]1C(=O)c3ccc4c(c3O[C@@H]1CO2)C[C@H]([C@@](C)(O)C[76Br])O4. The number of methoxy groups -OCH3 is 2. The van der Waals surface area contributed by atoms with Crippen molar-refractivity contribution in [3.63, 3.8) is 0 Å². The molecule has 4 atom stereocenters. The van der Waals surface area contributed by atoms with E-state index in [0.717, 1.165) is 11.1 Å². The minimum absolute atomic E-state index is 0.0264. The summed E-state index contributed by atoms with van der Waals surface area (Å²) < 4.78 is 29.0. The number of hydrogen-bond donors (Lipinski definition) is 1. The zero-order chi connectivity index (χ0) is 21.9. The molecule has 31 heavy (non-hydrogen) atoms. The van der Waals surface area contributed by atoms with Crippen molar-refractivity contribution in [3.8, 4) is 28.7 Å². The monoisotopic (exact) mass is 487 g/mol. The third-order valence-corrected chi connectivity index (χ3v) is 7.42. The molecule has 3 aliphatic heterocycles. The molecule has 0 saturated carbocycles. The molecule has 0 saturated heterocycles. The summed E-state index contributed by atoms with van der Waals surface area (Å²) >= 11 is 3.34. The van der Waals surface area contributed by atoms with Gasteiger partial charge in [-0.2, -0.15) is 0 Å². The summed E-state index contributed by atoms with van der Waals surface area (Å²) in [7, 11) is 3.12. The zero-order valence-electron chi connectivity index (χ0n) is 17.4. The van der Waals surface area contributed by atoms with Gasteiger partial charge >= 0.3 is 0 Å². The molecule has 164 valence electrons. The van der Waals surface area contributed by atoms with Crippen LogP contribution in [0.4, 0.5) is 0 Å². The quantitative estimate of drug-likeness (QED) is 0.663. The minimum Gasteiger partial charge on any atom is -0.493 e. The molecule has 1 N–H and O–H groups in total. The Bertz CT molecular complexity index is 1060. The maximum atomic E-state index is 13.6. The average molecular weight is 487 g/mol. The number of ether oxygens (including phenoxy) is 5. The number of halogens is 1. The highest BCUT2D eigenvalue weighted by molar-refractivity contribution is 9.09. The van der Waals surface area contributed by atoms with Gasteiger partial charge in [-0.15, -0.1) is 0 Å². The van der Waals surface area contributed by atoms with Gasteiger partial charge in [-0.05, 0) is 25.1 Å². The fraction of sp³-hybridized carbons (Fsp3) is 0.435. The first kappa shape index (κ1) is 20.5. The second-order valence-electron chi connectivity index (χ2n) is 8.27. The zero-order valence-corrected chi connectivity index (χ0v) is 19.0. The van der Waals surface area contributed by atoms with Gasteiger partial charge in [0.15, 0.2) is 17.3 Å². The number of fused-ring (bicyclic) bond motifs is 6. The molecular formula is C23H23BrO7. The summed E-state index contributed by atoms with van der Waals surface area (Å²) in [4.78, 5) is 13.6. The minimum atomic E-state index is -1.05. The van der Waals surface area contributed by atoms with Crippen LogP contribution in [-0.4, -0.2) is 54.9 Å². The molecule has 2 aromatic rings. The van der Waals surface area contributed by atoms with Gasteiger partial charge in [0.1, 0.15) is 41.7 Å². The molecule has 2 aromatic carbocycles. The standard InChI is InChI=1S/C23H23BrO7/c1-23(26,10-24)19-7-13-14(30-19)5-4-11-21(25)20-12-6-16(27-2)17(28-3)8-15(12)29-9-18(20)31-22(11)13/h4-6,8,18-20,26H,7,9-10H2,1-3H3/t18-,19-,20+,23+/m1/s1/i24-4. The van der Waals surface area contributed by atoms with Crippen LogP contribution < -0.4 is 23.7 Å². The molecule has 0 spiro atoms. The van der Waals surface area contributed by atoms with Gasteiger partial charge in [0.25, 0.3) is 0 Å². The summed E-state index contributed by atoms with van der Waals surface area (Å²) in [6, 6.07) is 7.07. The van der Waals surface area contributed by atoms with Gasteiger partial charge in [-0.3, -0.25) is 4.79 Å². The van der Waals surface area contributed by atoms with Crippen molar-refractivity contribution in [1.29, 1.82) is 0 Å². The van der Waals surface area contributed by atoms with Crippen LogP contribution in [0.1, 0.15) is 34.3 Å². The highest BCUT2D eigenvalue weighted by Crippen LogP contribution is 2.50. The maximum Gasteiger partial charge on any atom is 0.178 e. The van der Waals surface area contributed by atoms with Gasteiger partial charge in [-0.1, -0.05) is 15.9 Å². The molecule has 3 heterocycles. The van der Waals surface area contributed by atoms with Crippen molar-refractivity contribution < 1.29 is 33.6 Å². The third kappa shape index (κ3) is 3.07. The molecule has 5 rings (SSSR count). The predicted octanol–water partition coefficient (Wildman–Crippen LogP) is 3.27. The van der Waals surface area contributed by atoms with Crippen molar-refractivity contribution in [2.45, 2.75) is 37.1 Å². The van der Waals surface area contributed by atoms with E-state index in [1.54, 1.807) is 45.4 Å². The molecule has 0 amide bonds. The molecular weight excluding hydrogens is 464 g/mol. The Morgan fingerprint density at radius 1 is 1.16 bits per heavy atom. The van der Waals surface area contributed by atoms with Gasteiger partial charge < -0.3 is 28.8 Å². The molecule has 7 nitrogen and oxygen atoms in total. The Morgan fingerprint density at radius 3 is 2.61 bits per heavy atom. The summed E-state index contributed by atoms with van der Waals surface area (Å²) in [6.45, 7) is 1.96. The summed E-state index contributed by atoms with van der Waals surface area (Å²) in [5.74, 6) is 2.32. The largest absolute Gasteiger partial charge is 0.493 e. The van der Waals surface area contributed by atoms with Gasteiger partial charge in [0.05, 0.1) is 25.7 Å². The topological polar surface area (TPSA) is 83.5 Å². The van der Waals surface area contributed by atoms with Crippen molar-refractivity contribution >= 4 is 21.7 Å². The maximum absolute atomic E-state index is 13.6. The van der Waals surface area contributed by atoms with Crippen molar-refractivity contribution in [3.05, 3.63) is 41.0 Å². The van der Waals surface area contributed by atoms with Crippen LogP contribution in [0.25, 0.3) is 0 Å². The van der Waals surface area contributed by atoms with Crippen LogP contribution in [0.3, 0.4) is 0 Å². The molecule has 8 heteroatoms. The highest BCUT2D eigenvalue weighted by atomic mass is 75.9. The first-order chi connectivity index (χ1) is 14.9. The van der Waals surface area contributed by atoms with E-state index >= 15 is 0 Å². The lowest BCUT2D eigenvalue weighted by Crippen LogP contribution is -2.44. The number of hydrogen-bond acceptors (Lipinski definition) is 7. The Balaban J connectivity index is 1.55. The Labute approximate surface area is 188 Å². The van der Waals surface area contributed by atoms with Gasteiger partial charge in [0, 0.05) is 28.9 Å². The third-order valence-electron chi connectivity index (χ3n) is 6.28. The summed E-state index contributed by atoms with van der Waals surface area (Å²) in [6.07, 6.45) is -0.428. The molecule has 0 radical (unpaired) electrons. The first-order valence-corrected chi connectivity index (χ1v) is 11.2. The average Bonchev–Trinajstić information content (AvgIpc) is 3.23. The number of Topliss-reactive ketones (excluding diaryl/α,β-unsaturated/α-hetero) is 1. The van der Waals surface area contributed by atoms with Gasteiger partial charge in [-0.25, -0.2) is 0 Å². The summed E-state index contributed by atoms with van der Waals surface area (Å²) in [5, 5.41) is 11.0. The lowest BCUT2D eigenvalue weighted by Gasteiger charge is -2.37. The highest BCUT2D eigenvalue weighted by Gasteiger charge is 2.47. The first-order valence-electron chi connectivity index (χ1n) is 10.1. The molecule has 0 unspecified atom stereocenters. The van der Waals surface area contributed by atoms with Crippen molar-refractivity contribution in [1.82, 2.24) is 0 Å². The fourth-order valence-electron chi connectivity index (χ4n) is 4.50. The molecule has 3 aliphatic rings. The van der Waals surface area contributed by atoms with E-state index in [1.807, 2.05) is 0 Å². The number of ketones is 1. The summed E-state index contributed by atoms with van der Waals surface area (Å²) in [5.41, 5.74) is 1.01. The molecule has 0 aromatic heterocycles. The van der Waals surface area contributed by atoms with E-state index in [1.165, 1.54) is 0 Å². The van der Waals surface area contributed by atoms with E-state index in [2.05, 4.69) is 15.9 Å². The van der Waals surface area contributed by atoms with Crippen molar-refractivity contribution in [2.75, 3.05) is 26.2 Å². The lowest BCUT2D eigenvalue weighted by atomic mass is 9.81. The van der Waals surface area contributed by atoms with Crippen LogP contribution in [0.2, 0.25) is 0 Å². The van der Waals surface area contributed by atoms with E-state index < -0.39 is 23.7 Å².